The monoisotopic (exact) mass is 198 g/mol. The fourth-order valence-corrected chi connectivity index (χ4v) is 1.90. The molecule has 1 aliphatic rings. The Morgan fingerprint density at radius 2 is 2.14 bits per heavy atom. The van der Waals surface area contributed by atoms with Gasteiger partial charge in [0, 0.05) is 19.1 Å². The van der Waals surface area contributed by atoms with Crippen LogP contribution in [0.1, 0.15) is 33.6 Å². The van der Waals surface area contributed by atoms with Crippen LogP contribution in [0.25, 0.3) is 0 Å². The Morgan fingerprint density at radius 3 is 2.64 bits per heavy atom. The van der Waals surface area contributed by atoms with E-state index in [4.69, 9.17) is 0 Å². The van der Waals surface area contributed by atoms with Gasteiger partial charge in [-0.15, -0.1) is 0 Å². The molecular formula is C11H22N2O. The van der Waals surface area contributed by atoms with Crippen molar-refractivity contribution in [1.29, 1.82) is 0 Å². The Morgan fingerprint density at radius 1 is 1.50 bits per heavy atom. The molecule has 0 aliphatic carbocycles. The normalized spacial score (nSPS) is 27.8. The molecule has 1 rings (SSSR count). The van der Waals surface area contributed by atoms with Gasteiger partial charge in [-0.1, -0.05) is 0 Å². The Hall–Kier alpha value is -0.570. The first-order valence-corrected chi connectivity index (χ1v) is 5.54. The number of nitrogens with one attached hydrogen (secondary N) is 1. The van der Waals surface area contributed by atoms with Gasteiger partial charge in [0.05, 0.1) is 5.92 Å². The lowest BCUT2D eigenvalue weighted by Crippen LogP contribution is -2.48. The van der Waals surface area contributed by atoms with Gasteiger partial charge in [0.25, 0.3) is 0 Å². The molecule has 14 heavy (non-hydrogen) atoms. The molecule has 0 aromatic heterocycles. The van der Waals surface area contributed by atoms with Crippen LogP contribution >= 0.6 is 0 Å². The predicted molar refractivity (Wildman–Crippen MR) is 58.1 cm³/mol. The first kappa shape index (κ1) is 11.5. The molecule has 1 amide bonds. The molecule has 0 aromatic carbocycles. The number of hydrogen-bond donors (Lipinski definition) is 1. The molecule has 1 heterocycles. The molecule has 2 unspecified atom stereocenters. The number of nitrogens with zero attached hydrogens (tertiary/aromatic N) is 1. The van der Waals surface area contributed by atoms with Gasteiger partial charge >= 0.3 is 0 Å². The fraction of sp³-hybridized carbons (Fsp3) is 0.909. The summed E-state index contributed by atoms with van der Waals surface area (Å²) in [7, 11) is 1.90. The highest BCUT2D eigenvalue weighted by atomic mass is 16.2. The number of hydrogen-bond acceptors (Lipinski definition) is 2. The average molecular weight is 198 g/mol. The highest BCUT2D eigenvalue weighted by Gasteiger charge is 2.30. The maximum Gasteiger partial charge on any atom is 0.227 e. The molecular weight excluding hydrogens is 176 g/mol. The van der Waals surface area contributed by atoms with Gasteiger partial charge in [-0.2, -0.15) is 0 Å². The second-order valence-corrected chi connectivity index (χ2v) is 4.53. The van der Waals surface area contributed by atoms with Crippen LogP contribution in [0.2, 0.25) is 0 Å². The second-order valence-electron chi connectivity index (χ2n) is 4.53. The average Bonchev–Trinajstić information content (AvgIpc) is 2.16. The van der Waals surface area contributed by atoms with Crippen LogP contribution in [0.5, 0.6) is 0 Å². The third-order valence-electron chi connectivity index (χ3n) is 3.20. The van der Waals surface area contributed by atoms with Gasteiger partial charge in [-0.3, -0.25) is 4.79 Å². The topological polar surface area (TPSA) is 32.3 Å². The third-order valence-corrected chi connectivity index (χ3v) is 3.20. The van der Waals surface area contributed by atoms with E-state index in [-0.39, 0.29) is 5.92 Å². The molecule has 82 valence electrons. The number of carbonyl (C=O) groups excluding carboxylic acids is 1. The third kappa shape index (κ3) is 2.47. The summed E-state index contributed by atoms with van der Waals surface area (Å²) in [6, 6.07) is 0.633. The van der Waals surface area contributed by atoms with Crippen molar-refractivity contribution in [2.24, 2.45) is 5.92 Å². The van der Waals surface area contributed by atoms with E-state index in [1.807, 2.05) is 11.9 Å². The lowest BCUT2D eigenvalue weighted by molar-refractivity contribution is -0.137. The minimum Gasteiger partial charge on any atom is -0.343 e. The van der Waals surface area contributed by atoms with Crippen molar-refractivity contribution in [2.75, 3.05) is 13.6 Å². The minimum atomic E-state index is 0.177. The summed E-state index contributed by atoms with van der Waals surface area (Å²) in [6.07, 6.45) is 2.15. The molecule has 0 aromatic rings. The maximum absolute atomic E-state index is 12.0. The molecule has 0 bridgehead atoms. The highest BCUT2D eigenvalue weighted by Crippen LogP contribution is 2.19. The minimum absolute atomic E-state index is 0.177. The molecule has 0 radical (unpaired) electrons. The number of carbonyl (C=O) groups is 1. The quantitative estimate of drug-likeness (QED) is 0.724. The van der Waals surface area contributed by atoms with E-state index in [1.54, 1.807) is 0 Å². The first-order chi connectivity index (χ1) is 6.54. The summed E-state index contributed by atoms with van der Waals surface area (Å²) in [4.78, 5) is 13.9. The maximum atomic E-state index is 12.0. The van der Waals surface area contributed by atoms with Crippen molar-refractivity contribution in [3.05, 3.63) is 0 Å². The number of amides is 1. The molecule has 0 saturated carbocycles. The largest absolute Gasteiger partial charge is 0.343 e. The highest BCUT2D eigenvalue weighted by molar-refractivity contribution is 5.79. The van der Waals surface area contributed by atoms with Gasteiger partial charge in [-0.05, 0) is 40.2 Å². The van der Waals surface area contributed by atoms with E-state index in [1.165, 1.54) is 0 Å². The first-order valence-electron chi connectivity index (χ1n) is 5.54. The molecule has 1 aliphatic heterocycles. The fourth-order valence-electron chi connectivity index (χ4n) is 1.90. The number of rotatable bonds is 2. The van der Waals surface area contributed by atoms with Crippen molar-refractivity contribution in [1.82, 2.24) is 10.2 Å². The predicted octanol–water partition coefficient (Wildman–Crippen LogP) is 1.24. The van der Waals surface area contributed by atoms with Crippen LogP contribution in [-0.4, -0.2) is 36.5 Å². The smallest absolute Gasteiger partial charge is 0.227 e. The Kier molecular flexibility index (Phi) is 3.93. The van der Waals surface area contributed by atoms with Crippen LogP contribution in [0, 0.1) is 5.92 Å². The molecule has 0 spiro atoms. The Labute approximate surface area is 86.9 Å². The molecule has 3 heteroatoms. The summed E-state index contributed by atoms with van der Waals surface area (Å²) >= 11 is 0. The van der Waals surface area contributed by atoms with Crippen LogP contribution in [0.4, 0.5) is 0 Å². The van der Waals surface area contributed by atoms with Gasteiger partial charge in [-0.25, -0.2) is 0 Å². The lowest BCUT2D eigenvalue weighted by atomic mass is 9.90. The van der Waals surface area contributed by atoms with Crippen LogP contribution in [-0.2, 0) is 4.79 Å². The van der Waals surface area contributed by atoms with Crippen LogP contribution < -0.4 is 5.32 Å². The molecule has 2 atom stereocenters. The summed E-state index contributed by atoms with van der Waals surface area (Å²) in [5.74, 6) is 0.468. The van der Waals surface area contributed by atoms with Crippen molar-refractivity contribution < 1.29 is 4.79 Å². The van der Waals surface area contributed by atoms with Crippen molar-refractivity contribution in [3.8, 4) is 0 Å². The summed E-state index contributed by atoms with van der Waals surface area (Å²) in [5.41, 5.74) is 0. The van der Waals surface area contributed by atoms with E-state index >= 15 is 0 Å². The van der Waals surface area contributed by atoms with E-state index < -0.39 is 0 Å². The Balaban J connectivity index is 2.58. The summed E-state index contributed by atoms with van der Waals surface area (Å²) in [5, 5.41) is 3.36. The zero-order valence-electron chi connectivity index (χ0n) is 9.71. The van der Waals surface area contributed by atoms with Crippen molar-refractivity contribution in [2.45, 2.75) is 45.7 Å². The van der Waals surface area contributed by atoms with E-state index in [2.05, 4.69) is 26.1 Å². The molecule has 1 N–H and O–H groups in total. The van der Waals surface area contributed by atoms with E-state index in [0.29, 0.717) is 18.0 Å². The lowest BCUT2D eigenvalue weighted by Gasteiger charge is -2.33. The SMILES string of the molecule is CC1NCCCC1C(=O)N(C)C(C)C. The van der Waals surface area contributed by atoms with Crippen LogP contribution in [0.15, 0.2) is 0 Å². The van der Waals surface area contributed by atoms with Gasteiger partial charge in [0.2, 0.25) is 5.91 Å². The van der Waals surface area contributed by atoms with E-state index in [9.17, 15) is 4.79 Å². The number of piperidine rings is 1. The molecule has 1 saturated heterocycles. The molecule has 1 fully saturated rings. The van der Waals surface area contributed by atoms with Gasteiger partial charge in [0.1, 0.15) is 0 Å². The summed E-state index contributed by atoms with van der Waals surface area (Å²) in [6.45, 7) is 7.27. The standard InChI is InChI=1S/C11H22N2O/c1-8(2)13(4)11(14)10-6-5-7-12-9(10)3/h8-10,12H,5-7H2,1-4H3. The second kappa shape index (κ2) is 4.78. The van der Waals surface area contributed by atoms with E-state index in [0.717, 1.165) is 19.4 Å². The van der Waals surface area contributed by atoms with Crippen LogP contribution in [0.3, 0.4) is 0 Å². The van der Waals surface area contributed by atoms with Gasteiger partial charge < -0.3 is 10.2 Å². The Bertz CT molecular complexity index is 203. The molecule has 3 nitrogen and oxygen atoms in total. The summed E-state index contributed by atoms with van der Waals surface area (Å²) < 4.78 is 0. The van der Waals surface area contributed by atoms with Gasteiger partial charge in [0.15, 0.2) is 0 Å². The zero-order valence-corrected chi connectivity index (χ0v) is 9.71. The van der Waals surface area contributed by atoms with Crippen molar-refractivity contribution in [3.63, 3.8) is 0 Å². The van der Waals surface area contributed by atoms with Crippen molar-refractivity contribution >= 4 is 5.91 Å². The zero-order chi connectivity index (χ0) is 10.7.